The van der Waals surface area contributed by atoms with Gasteiger partial charge in [-0.15, -0.1) is 0 Å². The highest BCUT2D eigenvalue weighted by molar-refractivity contribution is 5.98. The van der Waals surface area contributed by atoms with E-state index in [1.807, 2.05) is 30.3 Å². The van der Waals surface area contributed by atoms with E-state index in [2.05, 4.69) is 34.3 Å². The molecule has 230 valence electrons. The van der Waals surface area contributed by atoms with Crippen molar-refractivity contribution in [3.8, 4) is 11.1 Å². The molecule has 6 rings (SSSR count). The molecule has 2 aliphatic carbocycles. The molecule has 44 heavy (non-hydrogen) atoms. The van der Waals surface area contributed by atoms with Crippen molar-refractivity contribution in [2.75, 3.05) is 43.4 Å². The molecule has 0 bridgehead atoms. The van der Waals surface area contributed by atoms with E-state index in [0.29, 0.717) is 5.56 Å². The Morgan fingerprint density at radius 3 is 2.25 bits per heavy atom. The minimum atomic E-state index is -1.03. The largest absolute Gasteiger partial charge is 0.481 e. The molecule has 3 fully saturated rings. The van der Waals surface area contributed by atoms with E-state index in [1.54, 1.807) is 17.0 Å². The lowest BCUT2D eigenvalue weighted by atomic mass is 9.98. The van der Waals surface area contributed by atoms with Crippen LogP contribution in [0.2, 0.25) is 0 Å². The fourth-order valence-corrected chi connectivity index (χ4v) is 5.93. The summed E-state index contributed by atoms with van der Waals surface area (Å²) < 4.78 is 13.7. The lowest BCUT2D eigenvalue weighted by molar-refractivity contribution is -0.142. The monoisotopic (exact) mass is 598 g/mol. The van der Waals surface area contributed by atoms with E-state index in [9.17, 15) is 23.9 Å². The number of piperazine rings is 1. The van der Waals surface area contributed by atoms with Crippen molar-refractivity contribution in [1.82, 2.24) is 9.80 Å². The standard InChI is InChI=1S/C35H39FN4O4/c1-38-15-17-39(18-16-38)31-14-11-28(20-30(31)37-34(43)25-5-6-25)27-4-2-3-23(19-27)22-40(35(44)26-7-8-26)32(21-33(41)42)24-9-12-29(36)13-10-24/h2-4,9-14,19-20,25-26,32H,5-8,15-18,21-22H2,1H3,(H,37,43)(H,41,42). The predicted octanol–water partition coefficient (Wildman–Crippen LogP) is 5.55. The Labute approximate surface area is 257 Å². The number of carboxylic acids is 1. The van der Waals surface area contributed by atoms with Crippen LogP contribution in [0.5, 0.6) is 0 Å². The van der Waals surface area contributed by atoms with Gasteiger partial charge in [0.2, 0.25) is 11.8 Å². The summed E-state index contributed by atoms with van der Waals surface area (Å²) in [7, 11) is 2.12. The average Bonchev–Trinajstić information content (AvgIpc) is 3.93. The van der Waals surface area contributed by atoms with Gasteiger partial charge >= 0.3 is 5.97 Å². The number of nitrogens with zero attached hydrogens (tertiary/aromatic N) is 3. The van der Waals surface area contributed by atoms with Crippen molar-refractivity contribution in [2.24, 2.45) is 11.8 Å². The van der Waals surface area contributed by atoms with Crippen LogP contribution in [0, 0.1) is 17.7 Å². The van der Waals surface area contributed by atoms with Gasteiger partial charge in [0.05, 0.1) is 23.8 Å². The number of amides is 2. The Balaban J connectivity index is 1.30. The van der Waals surface area contributed by atoms with Crippen LogP contribution in [0.1, 0.15) is 49.3 Å². The van der Waals surface area contributed by atoms with Crippen molar-refractivity contribution in [3.63, 3.8) is 0 Å². The molecule has 1 heterocycles. The van der Waals surface area contributed by atoms with Crippen molar-refractivity contribution in [3.05, 3.63) is 83.7 Å². The Morgan fingerprint density at radius 1 is 0.909 bits per heavy atom. The predicted molar refractivity (Wildman–Crippen MR) is 168 cm³/mol. The van der Waals surface area contributed by atoms with E-state index < -0.39 is 17.8 Å². The normalized spacial score (nSPS) is 17.6. The summed E-state index contributed by atoms with van der Waals surface area (Å²) in [5.74, 6) is -1.49. The molecule has 3 aliphatic rings. The summed E-state index contributed by atoms with van der Waals surface area (Å²) in [5, 5.41) is 12.9. The van der Waals surface area contributed by atoms with E-state index >= 15 is 0 Å². The lowest BCUT2D eigenvalue weighted by Crippen LogP contribution is -2.44. The van der Waals surface area contributed by atoms with Gasteiger partial charge in [-0.3, -0.25) is 14.4 Å². The van der Waals surface area contributed by atoms with Gasteiger partial charge in [0.25, 0.3) is 0 Å². The van der Waals surface area contributed by atoms with Crippen LogP contribution in [0.4, 0.5) is 15.8 Å². The topological polar surface area (TPSA) is 93.2 Å². The number of anilines is 2. The van der Waals surface area contributed by atoms with Gasteiger partial charge < -0.3 is 25.1 Å². The van der Waals surface area contributed by atoms with E-state index in [4.69, 9.17) is 0 Å². The summed E-state index contributed by atoms with van der Waals surface area (Å²) in [6.07, 6.45) is 3.14. The number of carbonyl (C=O) groups excluding carboxylic acids is 2. The zero-order valence-corrected chi connectivity index (χ0v) is 25.0. The zero-order chi connectivity index (χ0) is 30.8. The van der Waals surface area contributed by atoms with Gasteiger partial charge in [-0.1, -0.05) is 36.4 Å². The second kappa shape index (κ2) is 12.8. The van der Waals surface area contributed by atoms with Gasteiger partial charge in [-0.25, -0.2) is 4.39 Å². The second-order valence-electron chi connectivity index (χ2n) is 12.4. The molecule has 8 nitrogen and oxygen atoms in total. The SMILES string of the molecule is CN1CCN(c2ccc(-c3cccc(CN(C(=O)C4CC4)C(CC(=O)O)c4ccc(F)cc4)c3)cc2NC(=O)C2CC2)CC1. The van der Waals surface area contributed by atoms with Crippen LogP contribution < -0.4 is 10.2 Å². The van der Waals surface area contributed by atoms with E-state index in [-0.39, 0.29) is 36.6 Å². The van der Waals surface area contributed by atoms with Gasteiger partial charge in [-0.05, 0) is 85.3 Å². The number of likely N-dealkylation sites (N-methyl/N-ethyl adjacent to an activating group) is 1. The number of carbonyl (C=O) groups is 3. The summed E-state index contributed by atoms with van der Waals surface area (Å²) in [4.78, 5) is 44.6. The number of benzene rings is 3. The number of halogens is 1. The van der Waals surface area contributed by atoms with Crippen LogP contribution in [0.25, 0.3) is 11.1 Å². The zero-order valence-electron chi connectivity index (χ0n) is 25.0. The second-order valence-corrected chi connectivity index (χ2v) is 12.4. The molecule has 2 saturated carbocycles. The molecule has 2 amide bonds. The highest BCUT2D eigenvalue weighted by atomic mass is 19.1. The minimum Gasteiger partial charge on any atom is -0.481 e. The third-order valence-electron chi connectivity index (χ3n) is 8.87. The smallest absolute Gasteiger partial charge is 0.305 e. The van der Waals surface area contributed by atoms with Gasteiger partial charge in [-0.2, -0.15) is 0 Å². The molecule has 0 radical (unpaired) electrons. The van der Waals surface area contributed by atoms with Gasteiger partial charge in [0.1, 0.15) is 5.82 Å². The Kier molecular flexibility index (Phi) is 8.66. The molecular weight excluding hydrogens is 559 g/mol. The molecule has 2 N–H and O–H groups in total. The first-order chi connectivity index (χ1) is 21.2. The summed E-state index contributed by atoms with van der Waals surface area (Å²) in [6.45, 7) is 3.90. The summed E-state index contributed by atoms with van der Waals surface area (Å²) >= 11 is 0. The molecule has 1 atom stereocenters. The quantitative estimate of drug-likeness (QED) is 0.301. The van der Waals surface area contributed by atoms with Crippen molar-refractivity contribution < 1.29 is 23.9 Å². The number of rotatable bonds is 11. The number of nitrogens with one attached hydrogen (secondary N) is 1. The Hall–Kier alpha value is -4.24. The van der Waals surface area contributed by atoms with Gasteiger partial charge in [0, 0.05) is 44.6 Å². The van der Waals surface area contributed by atoms with Crippen LogP contribution in [-0.4, -0.2) is 65.9 Å². The van der Waals surface area contributed by atoms with Crippen LogP contribution in [0.15, 0.2) is 66.7 Å². The maximum Gasteiger partial charge on any atom is 0.305 e. The van der Waals surface area contributed by atoms with E-state index in [1.165, 1.54) is 12.1 Å². The molecule has 1 aliphatic heterocycles. The maximum absolute atomic E-state index is 13.7. The Bertz CT molecular complexity index is 1530. The molecule has 1 saturated heterocycles. The fraction of sp³-hybridized carbons (Fsp3) is 0.400. The first kappa shape index (κ1) is 29.8. The minimum absolute atomic E-state index is 0.0609. The third kappa shape index (κ3) is 7.10. The Morgan fingerprint density at radius 2 is 1.59 bits per heavy atom. The third-order valence-corrected chi connectivity index (χ3v) is 8.87. The molecule has 3 aromatic rings. The summed E-state index contributed by atoms with van der Waals surface area (Å²) in [5.41, 5.74) is 5.15. The number of aliphatic carboxylic acids is 1. The molecule has 0 aromatic heterocycles. The van der Waals surface area contributed by atoms with Crippen molar-refractivity contribution in [2.45, 2.75) is 44.7 Å². The van der Waals surface area contributed by atoms with Gasteiger partial charge in [0.15, 0.2) is 0 Å². The van der Waals surface area contributed by atoms with Crippen LogP contribution in [0.3, 0.4) is 0 Å². The van der Waals surface area contributed by atoms with Crippen LogP contribution in [-0.2, 0) is 20.9 Å². The molecule has 1 unspecified atom stereocenters. The number of carboxylic acid groups (broad SMARTS) is 1. The molecule has 9 heteroatoms. The number of hydrogen-bond acceptors (Lipinski definition) is 5. The molecular formula is C35H39FN4O4. The van der Waals surface area contributed by atoms with Crippen molar-refractivity contribution >= 4 is 29.2 Å². The fourth-order valence-electron chi connectivity index (χ4n) is 5.93. The van der Waals surface area contributed by atoms with E-state index in [0.717, 1.165) is 79.9 Å². The summed E-state index contributed by atoms with van der Waals surface area (Å²) in [6, 6.07) is 19.1. The first-order valence-electron chi connectivity index (χ1n) is 15.5. The first-order valence-corrected chi connectivity index (χ1v) is 15.5. The highest BCUT2D eigenvalue weighted by Gasteiger charge is 2.37. The highest BCUT2D eigenvalue weighted by Crippen LogP contribution is 2.38. The molecule has 0 spiro atoms. The average molecular weight is 599 g/mol. The van der Waals surface area contributed by atoms with Crippen LogP contribution >= 0.6 is 0 Å². The molecule has 3 aromatic carbocycles. The van der Waals surface area contributed by atoms with Crippen molar-refractivity contribution in [1.29, 1.82) is 0 Å². The maximum atomic E-state index is 13.7. The number of hydrogen-bond donors (Lipinski definition) is 2. The lowest BCUT2D eigenvalue weighted by Gasteiger charge is -2.35.